The molecule has 2 nitrogen and oxygen atoms in total. The third kappa shape index (κ3) is 128. The van der Waals surface area contributed by atoms with Crippen LogP contribution in [-0.2, 0) is 56.0 Å². The van der Waals surface area contributed by atoms with Gasteiger partial charge < -0.3 is 34.7 Å². The molecule has 0 aliphatic rings. The van der Waals surface area contributed by atoms with Gasteiger partial charge in [-0.25, -0.2) is 0 Å². The number of carbonyl (C=O) groups is 1. The van der Waals surface area contributed by atoms with Crippen molar-refractivity contribution >= 4 is 6.47 Å². The van der Waals surface area contributed by atoms with Gasteiger partial charge in [0.1, 0.15) is 0 Å². The molecule has 0 heterocycles. The van der Waals surface area contributed by atoms with E-state index in [1.165, 1.54) is 0 Å². The topological polar surface area (TPSA) is 40.1 Å². The van der Waals surface area contributed by atoms with Gasteiger partial charge in [-0.2, -0.15) is 0 Å². The first-order valence-corrected chi connectivity index (χ1v) is 0.471. The number of carboxylic acid groups (broad SMARTS) is 1. The molecule has 0 aliphatic heterocycles. The summed E-state index contributed by atoms with van der Waals surface area (Å²) in [6, 6.07) is 0. The Hall–Kier alpha value is 1.61. The van der Waals surface area contributed by atoms with Gasteiger partial charge in [0, 0.05) is 6.47 Å². The Morgan fingerprint density at radius 3 is 1.00 bits per heavy atom. The van der Waals surface area contributed by atoms with E-state index < -0.39 is 6.47 Å². The van der Waals surface area contributed by atoms with E-state index >= 15 is 0 Å². The SMILES string of the molecule is O=C[O-].[Cl-].[Cl-].[Cu+2].[Cu+2].[Cu+2]. The zero-order valence-electron chi connectivity index (χ0n) is 3.05. The minimum Gasteiger partial charge on any atom is -1.00 e. The number of hydrogen-bond donors (Lipinski definition) is 0. The van der Waals surface area contributed by atoms with Crippen LogP contribution in [0.15, 0.2) is 0 Å². The van der Waals surface area contributed by atoms with Gasteiger partial charge in [-0.15, -0.1) is 0 Å². The first-order valence-electron chi connectivity index (χ1n) is 0.471. The molecule has 0 unspecified atom stereocenters. The maximum atomic E-state index is 8.25. The third-order valence-corrected chi connectivity index (χ3v) is 0. The maximum absolute atomic E-state index is 8.25. The van der Waals surface area contributed by atoms with Crippen molar-refractivity contribution in [2.45, 2.75) is 0 Å². The molecule has 0 saturated carbocycles. The predicted octanol–water partition coefficient (Wildman–Crippen LogP) is -7.63. The second-order valence-electron chi connectivity index (χ2n) is 0.0962. The average Bonchev–Trinajstić information content (AvgIpc) is 0.918. The second-order valence-corrected chi connectivity index (χ2v) is 0.0962. The van der Waals surface area contributed by atoms with Gasteiger partial charge in [0.2, 0.25) is 0 Å². The molecule has 0 aliphatic carbocycles. The molecule has 0 N–H and O–H groups in total. The Morgan fingerprint density at radius 1 is 1.00 bits per heavy atom. The van der Waals surface area contributed by atoms with Crippen molar-refractivity contribution in [3.63, 3.8) is 0 Å². The van der Waals surface area contributed by atoms with Crippen LogP contribution in [0.1, 0.15) is 0 Å². The summed E-state index contributed by atoms with van der Waals surface area (Å²) in [7, 11) is 0. The van der Waals surface area contributed by atoms with Gasteiger partial charge in [0.05, 0.1) is 0 Å². The minimum absolute atomic E-state index is 0. The van der Waals surface area contributed by atoms with E-state index in [-0.39, 0.29) is 76.0 Å². The van der Waals surface area contributed by atoms with Crippen LogP contribution in [0.4, 0.5) is 0 Å². The van der Waals surface area contributed by atoms with E-state index in [2.05, 4.69) is 0 Å². The van der Waals surface area contributed by atoms with Crippen molar-refractivity contribution in [1.82, 2.24) is 0 Å². The molecule has 0 spiro atoms. The summed E-state index contributed by atoms with van der Waals surface area (Å²) < 4.78 is 0. The van der Waals surface area contributed by atoms with Gasteiger partial charge >= 0.3 is 51.2 Å². The maximum Gasteiger partial charge on any atom is 2.00 e. The number of hydrogen-bond acceptors (Lipinski definition) is 2. The fourth-order valence-electron chi connectivity index (χ4n) is 0. The predicted molar refractivity (Wildman–Crippen MR) is 6.06 cm³/mol. The summed E-state index contributed by atoms with van der Waals surface area (Å²) in [4.78, 5) is 8.25. The minimum atomic E-state index is -0.500. The van der Waals surface area contributed by atoms with E-state index in [4.69, 9.17) is 9.90 Å². The number of rotatable bonds is 0. The average molecular weight is 307 g/mol. The monoisotopic (exact) mass is 304 g/mol. The molecule has 7 heteroatoms. The van der Waals surface area contributed by atoms with Gasteiger partial charge in [-0.3, -0.25) is 0 Å². The largest absolute Gasteiger partial charge is 2.00 e. The Balaban J connectivity index is -0.00000000200. The van der Waals surface area contributed by atoms with Crippen molar-refractivity contribution in [3.8, 4) is 0 Å². The number of carbonyl (C=O) groups excluding carboxylic acids is 1. The summed E-state index contributed by atoms with van der Waals surface area (Å²) in [5.74, 6) is 0. The molecular weight excluding hydrogens is 306 g/mol. The number of halogens is 2. The summed E-state index contributed by atoms with van der Waals surface area (Å²) in [5.41, 5.74) is 0. The van der Waals surface area contributed by atoms with Gasteiger partial charge in [-0.05, 0) is 0 Å². The normalized spacial score (nSPS) is 1.50. The first kappa shape index (κ1) is 54.7. The molecule has 0 aromatic heterocycles. The fraction of sp³-hybridized carbons (Fsp3) is 0. The van der Waals surface area contributed by atoms with Crippen molar-refractivity contribution in [1.29, 1.82) is 0 Å². The smallest absolute Gasteiger partial charge is 1.00 e. The van der Waals surface area contributed by atoms with Gasteiger partial charge in [0.15, 0.2) is 0 Å². The molecule has 3 radical (unpaired) electrons. The standard InChI is InChI=1S/CH2O2.2ClH.3Cu/c2-1-3;;;;;/h1H,(H,2,3);2*1H;;;/q;;;3*+2/p-3. The Morgan fingerprint density at radius 2 is 1.00 bits per heavy atom. The van der Waals surface area contributed by atoms with Crippen LogP contribution in [-0.4, -0.2) is 6.47 Å². The van der Waals surface area contributed by atoms with Crippen LogP contribution < -0.4 is 29.9 Å². The molecule has 8 heavy (non-hydrogen) atoms. The van der Waals surface area contributed by atoms with Crippen LogP contribution >= 0.6 is 0 Å². The third-order valence-electron chi connectivity index (χ3n) is 0. The van der Waals surface area contributed by atoms with Crippen LogP contribution in [0.5, 0.6) is 0 Å². The van der Waals surface area contributed by atoms with E-state index in [1.54, 1.807) is 0 Å². The Bertz CT molecular complexity index is 22.8. The zero-order valence-corrected chi connectivity index (χ0v) is 7.39. The first-order chi connectivity index (χ1) is 1.41. The van der Waals surface area contributed by atoms with Crippen molar-refractivity contribution < 1.29 is 85.9 Å². The molecule has 0 bridgehead atoms. The molecule has 0 saturated heterocycles. The van der Waals surface area contributed by atoms with Crippen molar-refractivity contribution in [2.75, 3.05) is 0 Å². The Kier molecular flexibility index (Phi) is 501. The molecule has 61 valence electrons. The van der Waals surface area contributed by atoms with Gasteiger partial charge in [0.25, 0.3) is 0 Å². The summed E-state index contributed by atoms with van der Waals surface area (Å²) in [6.07, 6.45) is 0. The van der Waals surface area contributed by atoms with Crippen LogP contribution in [0, 0.1) is 0 Å². The van der Waals surface area contributed by atoms with E-state index in [1.807, 2.05) is 0 Å². The van der Waals surface area contributed by atoms with E-state index in [0.717, 1.165) is 0 Å². The zero-order chi connectivity index (χ0) is 2.71. The van der Waals surface area contributed by atoms with Crippen LogP contribution in [0.3, 0.4) is 0 Å². The fourth-order valence-corrected chi connectivity index (χ4v) is 0. The molecule has 0 fully saturated rings. The van der Waals surface area contributed by atoms with Gasteiger partial charge in [-0.1, -0.05) is 0 Å². The van der Waals surface area contributed by atoms with Crippen LogP contribution in [0.25, 0.3) is 0 Å². The van der Waals surface area contributed by atoms with Crippen molar-refractivity contribution in [2.24, 2.45) is 0 Å². The Labute approximate surface area is 91.8 Å². The molecule has 0 aromatic carbocycles. The second kappa shape index (κ2) is 73.2. The molecular formula is CHCl2Cu3O2+3. The van der Waals surface area contributed by atoms with E-state index in [0.29, 0.717) is 0 Å². The molecule has 0 amide bonds. The van der Waals surface area contributed by atoms with E-state index in [9.17, 15) is 0 Å². The quantitative estimate of drug-likeness (QED) is 0.330. The summed E-state index contributed by atoms with van der Waals surface area (Å²) >= 11 is 0. The van der Waals surface area contributed by atoms with Crippen molar-refractivity contribution in [3.05, 3.63) is 0 Å². The molecule has 0 atom stereocenters. The molecule has 0 rings (SSSR count). The van der Waals surface area contributed by atoms with Crippen LogP contribution in [0.2, 0.25) is 0 Å². The molecule has 0 aromatic rings. The summed E-state index contributed by atoms with van der Waals surface area (Å²) in [5, 5.41) is 8.25. The summed E-state index contributed by atoms with van der Waals surface area (Å²) in [6.45, 7) is -0.500.